The first kappa shape index (κ1) is 9.43. The number of carbonyl (C=O) groups is 2. The smallest absolute Gasteiger partial charge is 0.255 e. The standard InChI is InChI=1S/C6H9N3O4/c1-3-5(10)7-6(11)4(2)8(3)9(12)13/h3-4H,1-2H3,(H,7,10,11). The second-order valence-electron chi connectivity index (χ2n) is 2.82. The zero-order valence-corrected chi connectivity index (χ0v) is 7.18. The van der Waals surface area contributed by atoms with Crippen LogP contribution in [0.2, 0.25) is 0 Å². The largest absolute Gasteiger partial charge is 0.292 e. The normalized spacial score (nSPS) is 28.6. The van der Waals surface area contributed by atoms with Crippen molar-refractivity contribution in [2.24, 2.45) is 0 Å². The Hall–Kier alpha value is -1.66. The van der Waals surface area contributed by atoms with Crippen LogP contribution in [0, 0.1) is 10.1 Å². The highest BCUT2D eigenvalue weighted by atomic mass is 16.7. The molecule has 0 aromatic carbocycles. The van der Waals surface area contributed by atoms with Gasteiger partial charge in [0.05, 0.1) is 0 Å². The lowest BCUT2D eigenvalue weighted by Crippen LogP contribution is -2.63. The van der Waals surface area contributed by atoms with Crippen molar-refractivity contribution in [2.45, 2.75) is 25.9 Å². The van der Waals surface area contributed by atoms with Crippen molar-refractivity contribution in [2.75, 3.05) is 0 Å². The molecule has 13 heavy (non-hydrogen) atoms. The van der Waals surface area contributed by atoms with E-state index in [-0.39, 0.29) is 0 Å². The Bertz CT molecular complexity index is 257. The fourth-order valence-corrected chi connectivity index (χ4v) is 1.19. The van der Waals surface area contributed by atoms with Crippen molar-refractivity contribution in [3.8, 4) is 0 Å². The zero-order chi connectivity index (χ0) is 10.2. The van der Waals surface area contributed by atoms with E-state index in [9.17, 15) is 19.7 Å². The Balaban J connectivity index is 2.95. The van der Waals surface area contributed by atoms with E-state index in [0.29, 0.717) is 5.01 Å². The van der Waals surface area contributed by atoms with Crippen molar-refractivity contribution in [1.29, 1.82) is 0 Å². The molecule has 1 aliphatic heterocycles. The van der Waals surface area contributed by atoms with Crippen molar-refractivity contribution in [3.63, 3.8) is 0 Å². The van der Waals surface area contributed by atoms with Gasteiger partial charge in [0, 0.05) is 0 Å². The highest BCUT2D eigenvalue weighted by Gasteiger charge is 2.42. The van der Waals surface area contributed by atoms with Crippen LogP contribution < -0.4 is 5.32 Å². The monoisotopic (exact) mass is 187 g/mol. The Morgan fingerprint density at radius 3 is 2.00 bits per heavy atom. The molecule has 0 aromatic rings. The molecule has 2 atom stereocenters. The number of rotatable bonds is 1. The average Bonchev–Trinajstić information content (AvgIpc) is 2.01. The van der Waals surface area contributed by atoms with E-state index in [0.717, 1.165) is 0 Å². The highest BCUT2D eigenvalue weighted by molar-refractivity contribution is 6.02. The fraction of sp³-hybridized carbons (Fsp3) is 0.667. The van der Waals surface area contributed by atoms with E-state index in [1.54, 1.807) is 0 Å². The summed E-state index contributed by atoms with van der Waals surface area (Å²) in [5.74, 6) is -1.28. The molecule has 0 aromatic heterocycles. The molecule has 0 aliphatic carbocycles. The van der Waals surface area contributed by atoms with Gasteiger partial charge in [0.2, 0.25) is 0 Å². The number of hydrazine groups is 1. The molecule has 0 spiro atoms. The molecule has 7 nitrogen and oxygen atoms in total. The summed E-state index contributed by atoms with van der Waals surface area (Å²) in [4.78, 5) is 32.4. The van der Waals surface area contributed by atoms with Crippen LogP contribution in [0.3, 0.4) is 0 Å². The lowest BCUT2D eigenvalue weighted by atomic mass is 10.1. The van der Waals surface area contributed by atoms with Crippen LogP contribution in [0.25, 0.3) is 0 Å². The van der Waals surface area contributed by atoms with Crippen LogP contribution in [0.1, 0.15) is 13.8 Å². The molecule has 1 fully saturated rings. The van der Waals surface area contributed by atoms with Gasteiger partial charge >= 0.3 is 0 Å². The van der Waals surface area contributed by atoms with Crippen LogP contribution in [-0.2, 0) is 9.59 Å². The minimum absolute atomic E-state index is 0.639. The summed E-state index contributed by atoms with van der Waals surface area (Å²) in [7, 11) is 0. The van der Waals surface area contributed by atoms with E-state index in [1.807, 2.05) is 5.32 Å². The Labute approximate surface area is 73.8 Å². The number of amides is 2. The van der Waals surface area contributed by atoms with Crippen molar-refractivity contribution in [3.05, 3.63) is 10.1 Å². The molecule has 1 N–H and O–H groups in total. The third-order valence-electron chi connectivity index (χ3n) is 1.99. The Morgan fingerprint density at radius 1 is 1.31 bits per heavy atom. The van der Waals surface area contributed by atoms with E-state index in [4.69, 9.17) is 0 Å². The van der Waals surface area contributed by atoms with Gasteiger partial charge in [-0.05, 0) is 13.8 Å². The number of piperazine rings is 1. The predicted octanol–water partition coefficient (Wildman–Crippen LogP) is -1.09. The summed E-state index contributed by atoms with van der Waals surface area (Å²) in [5.41, 5.74) is 0. The number of hydrogen-bond donors (Lipinski definition) is 1. The van der Waals surface area contributed by atoms with Gasteiger partial charge < -0.3 is 0 Å². The molecule has 1 rings (SSSR count). The molecule has 1 saturated heterocycles. The van der Waals surface area contributed by atoms with E-state index < -0.39 is 28.9 Å². The highest BCUT2D eigenvalue weighted by Crippen LogP contribution is 2.10. The Kier molecular flexibility index (Phi) is 2.18. The molecule has 2 amide bonds. The number of hydrogen-bond acceptors (Lipinski definition) is 4. The minimum atomic E-state index is -0.914. The van der Waals surface area contributed by atoms with Crippen molar-refractivity contribution < 1.29 is 14.6 Å². The number of nitrogens with zero attached hydrogens (tertiary/aromatic N) is 2. The van der Waals surface area contributed by atoms with Gasteiger partial charge in [0.25, 0.3) is 11.8 Å². The van der Waals surface area contributed by atoms with E-state index >= 15 is 0 Å². The van der Waals surface area contributed by atoms with Gasteiger partial charge in [-0.3, -0.25) is 14.9 Å². The summed E-state index contributed by atoms with van der Waals surface area (Å²) in [5, 5.41) is 12.4. The minimum Gasteiger partial charge on any atom is -0.292 e. The molecular weight excluding hydrogens is 178 g/mol. The summed E-state index contributed by atoms with van der Waals surface area (Å²) in [6.45, 7) is 2.75. The van der Waals surface area contributed by atoms with Gasteiger partial charge in [0.1, 0.15) is 0 Å². The van der Waals surface area contributed by atoms with Gasteiger partial charge in [0.15, 0.2) is 17.1 Å². The number of imide groups is 1. The lowest BCUT2D eigenvalue weighted by Gasteiger charge is -2.29. The molecule has 72 valence electrons. The summed E-state index contributed by atoms with van der Waals surface area (Å²) in [6, 6.07) is -1.83. The summed E-state index contributed by atoms with van der Waals surface area (Å²) in [6.07, 6.45) is 0. The first-order chi connectivity index (χ1) is 5.95. The number of nitro groups is 1. The third-order valence-corrected chi connectivity index (χ3v) is 1.99. The maximum Gasteiger partial charge on any atom is 0.255 e. The molecule has 0 saturated carbocycles. The average molecular weight is 187 g/mol. The van der Waals surface area contributed by atoms with Crippen LogP contribution in [0.5, 0.6) is 0 Å². The maximum absolute atomic E-state index is 11.0. The summed E-state index contributed by atoms with van der Waals surface area (Å²) < 4.78 is 0. The lowest BCUT2D eigenvalue weighted by molar-refractivity contribution is -0.666. The molecular formula is C6H9N3O4. The second-order valence-corrected chi connectivity index (χ2v) is 2.82. The van der Waals surface area contributed by atoms with Gasteiger partial charge in [-0.1, -0.05) is 0 Å². The molecule has 7 heteroatoms. The number of carbonyl (C=O) groups excluding carboxylic acids is 2. The van der Waals surface area contributed by atoms with Crippen molar-refractivity contribution >= 4 is 11.8 Å². The second kappa shape index (κ2) is 3.00. The van der Waals surface area contributed by atoms with Crippen molar-refractivity contribution in [1.82, 2.24) is 10.3 Å². The third kappa shape index (κ3) is 1.44. The summed E-state index contributed by atoms with van der Waals surface area (Å²) >= 11 is 0. The van der Waals surface area contributed by atoms with Crippen LogP contribution in [0.15, 0.2) is 0 Å². The molecule has 1 heterocycles. The van der Waals surface area contributed by atoms with Crippen LogP contribution >= 0.6 is 0 Å². The van der Waals surface area contributed by atoms with E-state index in [2.05, 4.69) is 0 Å². The molecule has 1 aliphatic rings. The van der Waals surface area contributed by atoms with Gasteiger partial charge in [-0.2, -0.15) is 0 Å². The SMILES string of the molecule is CC1C(=O)NC(=O)C(C)N1[N+](=O)[O-]. The number of nitrogens with one attached hydrogen (secondary N) is 1. The Morgan fingerprint density at radius 2 is 1.69 bits per heavy atom. The first-order valence-electron chi connectivity index (χ1n) is 3.72. The van der Waals surface area contributed by atoms with Crippen LogP contribution in [-0.4, -0.2) is 33.9 Å². The molecule has 0 radical (unpaired) electrons. The predicted molar refractivity (Wildman–Crippen MR) is 40.9 cm³/mol. The maximum atomic E-state index is 11.0. The molecule has 0 bridgehead atoms. The zero-order valence-electron chi connectivity index (χ0n) is 7.18. The van der Waals surface area contributed by atoms with Gasteiger partial charge in [-0.25, -0.2) is 10.1 Å². The quantitative estimate of drug-likeness (QED) is 0.320. The van der Waals surface area contributed by atoms with Crippen LogP contribution in [0.4, 0.5) is 0 Å². The molecule has 2 unspecified atom stereocenters. The first-order valence-corrected chi connectivity index (χ1v) is 3.72. The fourth-order valence-electron chi connectivity index (χ4n) is 1.19. The van der Waals surface area contributed by atoms with Gasteiger partial charge in [-0.15, -0.1) is 5.01 Å². The van der Waals surface area contributed by atoms with E-state index in [1.165, 1.54) is 13.8 Å². The topological polar surface area (TPSA) is 92.6 Å².